The van der Waals surface area contributed by atoms with Gasteiger partial charge in [0, 0.05) is 19.2 Å². The van der Waals surface area contributed by atoms with Gasteiger partial charge in [-0.25, -0.2) is 9.78 Å². The molecule has 0 saturated heterocycles. The molecular formula is C13H19NO4. The molecule has 0 aliphatic heterocycles. The summed E-state index contributed by atoms with van der Waals surface area (Å²) in [5, 5.41) is 9.02. The van der Waals surface area contributed by atoms with Crippen LogP contribution in [0.2, 0.25) is 0 Å². The number of aryl methyl sites for hydroxylation is 1. The summed E-state index contributed by atoms with van der Waals surface area (Å²) in [6.45, 7) is 6.03. The minimum absolute atomic E-state index is 0.0795. The quantitative estimate of drug-likeness (QED) is 0.842. The first-order chi connectivity index (χ1) is 8.35. The first-order valence-corrected chi connectivity index (χ1v) is 5.74. The van der Waals surface area contributed by atoms with E-state index < -0.39 is 5.97 Å². The fourth-order valence-corrected chi connectivity index (χ4v) is 1.30. The Morgan fingerprint density at radius 3 is 2.67 bits per heavy atom. The Bertz CT molecular complexity index is 429. The van der Waals surface area contributed by atoms with E-state index in [0.717, 1.165) is 5.69 Å². The monoisotopic (exact) mass is 253 g/mol. The van der Waals surface area contributed by atoms with Gasteiger partial charge in [-0.1, -0.05) is 0 Å². The molecule has 0 radical (unpaired) electrons. The van der Waals surface area contributed by atoms with Gasteiger partial charge in [-0.15, -0.1) is 0 Å². The number of hydrogen-bond donors (Lipinski definition) is 1. The van der Waals surface area contributed by atoms with Crippen molar-refractivity contribution in [2.75, 3.05) is 13.7 Å². The molecule has 1 N–H and O–H groups in total. The third-order valence-corrected chi connectivity index (χ3v) is 2.73. The van der Waals surface area contributed by atoms with Gasteiger partial charge in [0.15, 0.2) is 0 Å². The standard InChI is InChI=1S/C13H19NO4/c1-9-5-6-10(12(15)16)11(14-9)18-8-7-13(2,3)17-4/h5-6H,7-8H2,1-4H3,(H,15,16). The molecule has 18 heavy (non-hydrogen) atoms. The SMILES string of the molecule is COC(C)(C)CCOc1nc(C)ccc1C(=O)O. The van der Waals surface area contributed by atoms with E-state index in [9.17, 15) is 4.79 Å². The minimum Gasteiger partial charge on any atom is -0.477 e. The van der Waals surface area contributed by atoms with Crippen LogP contribution in [0.15, 0.2) is 12.1 Å². The van der Waals surface area contributed by atoms with E-state index >= 15 is 0 Å². The first-order valence-electron chi connectivity index (χ1n) is 5.74. The number of hydrogen-bond acceptors (Lipinski definition) is 4. The van der Waals surface area contributed by atoms with Crippen molar-refractivity contribution in [3.05, 3.63) is 23.4 Å². The zero-order valence-corrected chi connectivity index (χ0v) is 11.2. The van der Waals surface area contributed by atoms with Gasteiger partial charge >= 0.3 is 5.97 Å². The van der Waals surface area contributed by atoms with Crippen LogP contribution in [0.1, 0.15) is 36.3 Å². The lowest BCUT2D eigenvalue weighted by Gasteiger charge is -2.22. The number of rotatable bonds is 6. The molecule has 5 nitrogen and oxygen atoms in total. The molecule has 0 fully saturated rings. The molecule has 0 aliphatic rings. The van der Waals surface area contributed by atoms with Gasteiger partial charge in [-0.3, -0.25) is 0 Å². The molecule has 100 valence electrons. The van der Waals surface area contributed by atoms with E-state index in [4.69, 9.17) is 14.6 Å². The largest absolute Gasteiger partial charge is 0.477 e. The van der Waals surface area contributed by atoms with E-state index in [2.05, 4.69) is 4.98 Å². The number of pyridine rings is 1. The molecule has 0 spiro atoms. The molecule has 0 aliphatic carbocycles. The van der Waals surface area contributed by atoms with Crippen LogP contribution in [0.25, 0.3) is 0 Å². The van der Waals surface area contributed by atoms with E-state index in [-0.39, 0.29) is 17.0 Å². The van der Waals surface area contributed by atoms with Gasteiger partial charge in [0.2, 0.25) is 5.88 Å². The summed E-state index contributed by atoms with van der Waals surface area (Å²) >= 11 is 0. The third kappa shape index (κ3) is 4.00. The van der Waals surface area contributed by atoms with Crippen molar-refractivity contribution in [2.24, 2.45) is 0 Å². The third-order valence-electron chi connectivity index (χ3n) is 2.73. The Morgan fingerprint density at radius 2 is 2.11 bits per heavy atom. The van der Waals surface area contributed by atoms with Gasteiger partial charge in [0.1, 0.15) is 5.56 Å². The normalized spacial score (nSPS) is 11.3. The zero-order valence-electron chi connectivity index (χ0n) is 11.2. The van der Waals surface area contributed by atoms with E-state index in [0.29, 0.717) is 13.0 Å². The number of carboxylic acids is 1. The predicted molar refractivity (Wildman–Crippen MR) is 67.1 cm³/mol. The topological polar surface area (TPSA) is 68.7 Å². The van der Waals surface area contributed by atoms with E-state index in [1.165, 1.54) is 6.07 Å². The molecule has 0 bridgehead atoms. The summed E-state index contributed by atoms with van der Waals surface area (Å²) < 4.78 is 10.7. The number of nitrogens with zero attached hydrogens (tertiary/aromatic N) is 1. The highest BCUT2D eigenvalue weighted by Gasteiger charge is 2.18. The van der Waals surface area contributed by atoms with Crippen LogP contribution < -0.4 is 4.74 Å². The first kappa shape index (κ1) is 14.4. The second kappa shape index (κ2) is 5.82. The molecular weight excluding hydrogens is 234 g/mol. The summed E-state index contributed by atoms with van der Waals surface area (Å²) in [5.74, 6) is -0.877. The highest BCUT2D eigenvalue weighted by Crippen LogP contribution is 2.18. The summed E-state index contributed by atoms with van der Waals surface area (Å²) in [6.07, 6.45) is 0.651. The van der Waals surface area contributed by atoms with Gasteiger partial charge in [0.05, 0.1) is 12.2 Å². The lowest BCUT2D eigenvalue weighted by molar-refractivity contribution is 0.00499. The second-order valence-electron chi connectivity index (χ2n) is 4.67. The van der Waals surface area contributed by atoms with Crippen LogP contribution in [-0.4, -0.2) is 35.4 Å². The molecule has 0 saturated carbocycles. The van der Waals surface area contributed by atoms with Gasteiger partial charge in [-0.2, -0.15) is 0 Å². The van der Waals surface area contributed by atoms with Crippen molar-refractivity contribution < 1.29 is 19.4 Å². The van der Waals surface area contributed by atoms with Crippen LogP contribution in [0.3, 0.4) is 0 Å². The highest BCUT2D eigenvalue weighted by atomic mass is 16.5. The lowest BCUT2D eigenvalue weighted by atomic mass is 10.1. The van der Waals surface area contributed by atoms with E-state index in [1.807, 2.05) is 13.8 Å². The molecule has 1 heterocycles. The van der Waals surface area contributed by atoms with E-state index in [1.54, 1.807) is 20.1 Å². The van der Waals surface area contributed by atoms with Crippen LogP contribution in [0.5, 0.6) is 5.88 Å². The lowest BCUT2D eigenvalue weighted by Crippen LogP contribution is -2.25. The van der Waals surface area contributed by atoms with Crippen molar-refractivity contribution in [3.63, 3.8) is 0 Å². The van der Waals surface area contributed by atoms with Crippen molar-refractivity contribution in [1.29, 1.82) is 0 Å². The fourth-order valence-electron chi connectivity index (χ4n) is 1.30. The number of carboxylic acid groups (broad SMARTS) is 1. The smallest absolute Gasteiger partial charge is 0.341 e. The average molecular weight is 253 g/mol. The predicted octanol–water partition coefficient (Wildman–Crippen LogP) is 2.28. The maximum Gasteiger partial charge on any atom is 0.341 e. The highest BCUT2D eigenvalue weighted by molar-refractivity contribution is 5.90. The molecule has 0 atom stereocenters. The Morgan fingerprint density at radius 1 is 1.44 bits per heavy atom. The molecule has 1 rings (SSSR count). The second-order valence-corrected chi connectivity index (χ2v) is 4.67. The summed E-state index contributed by atoms with van der Waals surface area (Å²) in [6, 6.07) is 3.15. The maximum absolute atomic E-state index is 11.0. The van der Waals surface area contributed by atoms with Gasteiger partial charge in [0.25, 0.3) is 0 Å². The Hall–Kier alpha value is -1.62. The Balaban J connectivity index is 2.72. The van der Waals surface area contributed by atoms with Crippen molar-refractivity contribution >= 4 is 5.97 Å². The molecule has 1 aromatic rings. The van der Waals surface area contributed by atoms with Crippen LogP contribution in [0, 0.1) is 6.92 Å². The van der Waals surface area contributed by atoms with Crippen LogP contribution >= 0.6 is 0 Å². The zero-order chi connectivity index (χ0) is 13.8. The Labute approximate surface area is 107 Å². The number of aromatic nitrogens is 1. The maximum atomic E-state index is 11.0. The average Bonchev–Trinajstić information content (AvgIpc) is 2.28. The molecule has 0 unspecified atom stereocenters. The number of carbonyl (C=O) groups is 1. The van der Waals surface area contributed by atoms with Crippen molar-refractivity contribution in [3.8, 4) is 5.88 Å². The molecule has 1 aromatic heterocycles. The summed E-state index contributed by atoms with van der Waals surface area (Å²) in [7, 11) is 1.63. The summed E-state index contributed by atoms with van der Waals surface area (Å²) in [5.41, 5.74) is 0.504. The van der Waals surface area contributed by atoms with Crippen LogP contribution in [0.4, 0.5) is 0 Å². The number of aromatic carboxylic acids is 1. The van der Waals surface area contributed by atoms with Crippen molar-refractivity contribution in [2.45, 2.75) is 32.8 Å². The fraction of sp³-hybridized carbons (Fsp3) is 0.538. The Kier molecular flexibility index (Phi) is 4.67. The molecule has 0 aromatic carbocycles. The minimum atomic E-state index is -1.04. The summed E-state index contributed by atoms with van der Waals surface area (Å²) in [4.78, 5) is 15.1. The molecule has 0 amide bonds. The van der Waals surface area contributed by atoms with Gasteiger partial charge in [-0.05, 0) is 32.9 Å². The van der Waals surface area contributed by atoms with Gasteiger partial charge < -0.3 is 14.6 Å². The van der Waals surface area contributed by atoms with Crippen molar-refractivity contribution in [1.82, 2.24) is 4.98 Å². The number of methoxy groups -OCH3 is 1. The molecule has 5 heteroatoms. The van der Waals surface area contributed by atoms with Crippen LogP contribution in [-0.2, 0) is 4.74 Å². The number of ether oxygens (including phenoxy) is 2.